The van der Waals surface area contributed by atoms with Crippen molar-refractivity contribution in [1.29, 1.82) is 5.26 Å². The number of nitrogens with one attached hydrogen (secondary N) is 4. The highest BCUT2D eigenvalue weighted by molar-refractivity contribution is 6.31. The summed E-state index contributed by atoms with van der Waals surface area (Å²) in [7, 11) is 0. The molecule has 1 heterocycles. The second-order valence-electron chi connectivity index (χ2n) is 18.9. The van der Waals surface area contributed by atoms with Crippen molar-refractivity contribution in [2.24, 2.45) is 16.2 Å². The van der Waals surface area contributed by atoms with Crippen LogP contribution in [0.2, 0.25) is 5.02 Å². The highest BCUT2D eigenvalue weighted by atomic mass is 35.5. The van der Waals surface area contributed by atoms with Gasteiger partial charge in [0.2, 0.25) is 17.7 Å². The third-order valence-electron chi connectivity index (χ3n) is 12.0. The number of benzene rings is 3. The molecule has 1 saturated heterocycles. The van der Waals surface area contributed by atoms with E-state index < -0.39 is 35.4 Å². The molecule has 3 atom stereocenters. The molecule has 5 rings (SSSR count). The highest BCUT2D eigenvalue weighted by Crippen LogP contribution is 2.55. The molecule has 0 aromatic heterocycles. The van der Waals surface area contributed by atoms with E-state index in [9.17, 15) is 29.5 Å². The number of carbonyl (C=O) groups is 4. The number of halogens is 1. The topological polar surface area (TPSA) is 182 Å². The molecule has 3 aromatic rings. The highest BCUT2D eigenvalue weighted by Gasteiger charge is 2.64. The first kappa shape index (κ1) is 47.9. The number of aliphatic hydroxyl groups excluding tert-OH is 1. The molecule has 2 fully saturated rings. The fourth-order valence-corrected chi connectivity index (χ4v) is 9.00. The number of rotatable bonds is 18. The predicted octanol–water partition coefficient (Wildman–Crippen LogP) is 6.54. The fraction of sp³-hybridized carbons (Fsp3) is 0.521. The van der Waals surface area contributed by atoms with Crippen molar-refractivity contribution in [3.8, 4) is 11.8 Å². The number of anilines is 1. The maximum absolute atomic E-state index is 13.8. The molecule has 14 heteroatoms. The van der Waals surface area contributed by atoms with Gasteiger partial charge < -0.3 is 40.7 Å². The molecule has 2 aliphatic rings. The summed E-state index contributed by atoms with van der Waals surface area (Å²) in [5, 5.41) is 32.3. The maximum Gasteiger partial charge on any atom is 0.251 e. The number of nitriles is 1. The van der Waals surface area contributed by atoms with Crippen molar-refractivity contribution in [3.05, 3.63) is 94.0 Å². The van der Waals surface area contributed by atoms with Crippen molar-refractivity contribution < 1.29 is 33.8 Å². The van der Waals surface area contributed by atoms with E-state index in [4.69, 9.17) is 21.1 Å². The molecule has 1 aliphatic heterocycles. The van der Waals surface area contributed by atoms with Gasteiger partial charge in [-0.2, -0.15) is 5.26 Å². The number of aliphatic hydroxyl groups is 1. The molecule has 0 bridgehead atoms. The first-order chi connectivity index (χ1) is 29.2. The van der Waals surface area contributed by atoms with Gasteiger partial charge in [0, 0.05) is 66.9 Å². The van der Waals surface area contributed by atoms with Crippen molar-refractivity contribution in [2.75, 3.05) is 31.6 Å². The van der Waals surface area contributed by atoms with Crippen molar-refractivity contribution >= 4 is 40.9 Å². The van der Waals surface area contributed by atoms with E-state index in [1.165, 1.54) is 4.90 Å². The summed E-state index contributed by atoms with van der Waals surface area (Å²) in [4.78, 5) is 54.7. The summed E-state index contributed by atoms with van der Waals surface area (Å²) < 4.78 is 12.0. The molecule has 0 radical (unpaired) electrons. The number of hydrogen-bond donors (Lipinski definition) is 5. The summed E-state index contributed by atoms with van der Waals surface area (Å²) >= 11 is 6.23. The molecule has 13 nitrogen and oxygen atoms in total. The zero-order valence-corrected chi connectivity index (χ0v) is 38.0. The van der Waals surface area contributed by atoms with Gasteiger partial charge in [0.05, 0.1) is 16.7 Å². The quantitative estimate of drug-likeness (QED) is 0.0887. The Morgan fingerprint density at radius 1 is 0.968 bits per heavy atom. The lowest BCUT2D eigenvalue weighted by Crippen LogP contribution is -2.74. The number of β-amino-alcohol motifs (C(OH)–C–C–N with tert-alkyl or cyclic N) is 1. The van der Waals surface area contributed by atoms with Crippen LogP contribution in [0.3, 0.4) is 0 Å². The lowest BCUT2D eigenvalue weighted by Gasteiger charge is -2.63. The number of nitrogens with zero attached hydrogens (tertiary/aromatic N) is 2. The Hall–Kier alpha value is -5.16. The van der Waals surface area contributed by atoms with E-state index in [2.05, 4.69) is 55.0 Å². The Morgan fingerprint density at radius 2 is 1.65 bits per heavy atom. The smallest absolute Gasteiger partial charge is 0.251 e. The average molecular weight is 872 g/mol. The van der Waals surface area contributed by atoms with Crippen LogP contribution in [0.25, 0.3) is 0 Å². The van der Waals surface area contributed by atoms with Gasteiger partial charge >= 0.3 is 0 Å². The molecule has 1 aliphatic carbocycles. The van der Waals surface area contributed by atoms with Gasteiger partial charge in [-0.1, -0.05) is 89.9 Å². The van der Waals surface area contributed by atoms with Crippen LogP contribution in [0.4, 0.5) is 5.69 Å². The van der Waals surface area contributed by atoms with Crippen LogP contribution in [0.1, 0.15) is 101 Å². The Balaban J connectivity index is 0.989. The Kier molecular flexibility index (Phi) is 15.7. The maximum atomic E-state index is 13.8. The number of ether oxygens (including phenoxy) is 2. The zero-order valence-electron chi connectivity index (χ0n) is 37.3. The van der Waals surface area contributed by atoms with E-state index >= 15 is 0 Å². The van der Waals surface area contributed by atoms with Crippen LogP contribution in [0, 0.1) is 34.5 Å². The third-order valence-corrected chi connectivity index (χ3v) is 12.3. The minimum atomic E-state index is -0.927. The van der Waals surface area contributed by atoms with Crippen LogP contribution in [0.15, 0.2) is 66.7 Å². The van der Waals surface area contributed by atoms with Crippen molar-refractivity contribution in [2.45, 2.75) is 118 Å². The fourth-order valence-electron chi connectivity index (χ4n) is 8.79. The van der Waals surface area contributed by atoms with Gasteiger partial charge in [0.15, 0.2) is 0 Å². The van der Waals surface area contributed by atoms with E-state index in [0.29, 0.717) is 41.6 Å². The first-order valence-electron chi connectivity index (χ1n) is 21.4. The van der Waals surface area contributed by atoms with Gasteiger partial charge in [-0.25, -0.2) is 0 Å². The van der Waals surface area contributed by atoms with Crippen LogP contribution in [0.5, 0.6) is 5.75 Å². The van der Waals surface area contributed by atoms with E-state index in [1.807, 2.05) is 64.1 Å². The third kappa shape index (κ3) is 11.8. The molecule has 4 amide bonds. The standard InChI is InChI=1S/C48H63ClN6O7/c1-30-12-14-31(15-13-30)27-52-42(59)38-24-35(56)28-55(38)43(60)40(46(2,3)4)53-39(57)29-61-23-11-9-10-22-51-34-19-16-32(17-20-34)41(58)54-44-47(5,6)45(48(44,7)8)62-36-21-18-33(26-50)37(49)25-36/h12-21,25,35,38,40,44-45,51,56H,9-11,22-24,27-29H2,1-8H3,(H,52,59)(H,53,57)(H,54,58)/t35-,38+,40-,44-,45-/m1/s1. The molecule has 5 N–H and O–H groups in total. The number of unbranched alkanes of at least 4 members (excludes halogenated alkanes) is 2. The van der Waals surface area contributed by atoms with Gasteiger partial charge in [-0.05, 0) is 73.6 Å². The van der Waals surface area contributed by atoms with Gasteiger partial charge in [0.25, 0.3) is 5.91 Å². The summed E-state index contributed by atoms with van der Waals surface area (Å²) in [6, 6.07) is 20.3. The number of likely N-dealkylation sites (tertiary alicyclic amines) is 1. The van der Waals surface area contributed by atoms with Gasteiger partial charge in [-0.3, -0.25) is 19.2 Å². The average Bonchev–Trinajstić information content (AvgIpc) is 3.62. The lowest BCUT2D eigenvalue weighted by molar-refractivity contribution is -0.164. The van der Waals surface area contributed by atoms with Crippen molar-refractivity contribution in [3.63, 3.8) is 0 Å². The first-order valence-corrected chi connectivity index (χ1v) is 21.8. The molecular weight excluding hydrogens is 808 g/mol. The molecular formula is C48H63ClN6O7. The molecule has 3 aromatic carbocycles. The minimum absolute atomic E-state index is 0.00760. The Morgan fingerprint density at radius 3 is 2.27 bits per heavy atom. The van der Waals surface area contributed by atoms with Crippen LogP contribution < -0.4 is 26.0 Å². The summed E-state index contributed by atoms with van der Waals surface area (Å²) in [5.41, 5.74) is 2.47. The SMILES string of the molecule is Cc1ccc(CNC(=O)[C@@H]2C[C@@H](O)CN2C(=O)[C@@H](NC(=O)COCCCCCNc2ccc(C(=O)N[C@H]3C(C)(C)[C@H](Oc4ccc(C#N)c(Cl)c4)C3(C)C)cc2)C(C)(C)C)cc1. The zero-order chi connectivity index (χ0) is 45.4. The lowest BCUT2D eigenvalue weighted by atomic mass is 9.49. The number of carbonyl (C=O) groups excluding carboxylic acids is 4. The van der Waals surface area contributed by atoms with Crippen molar-refractivity contribution in [1.82, 2.24) is 20.9 Å². The largest absolute Gasteiger partial charge is 0.489 e. The number of amides is 4. The monoisotopic (exact) mass is 870 g/mol. The minimum Gasteiger partial charge on any atom is -0.489 e. The predicted molar refractivity (Wildman–Crippen MR) is 240 cm³/mol. The van der Waals surface area contributed by atoms with Gasteiger partial charge in [-0.15, -0.1) is 0 Å². The second kappa shape index (κ2) is 20.4. The Labute approximate surface area is 371 Å². The molecule has 1 saturated carbocycles. The van der Waals surface area contributed by atoms with Crippen LogP contribution >= 0.6 is 11.6 Å². The second-order valence-corrected chi connectivity index (χ2v) is 19.3. The van der Waals surface area contributed by atoms with Crippen LogP contribution in [-0.4, -0.2) is 90.3 Å². The summed E-state index contributed by atoms with van der Waals surface area (Å²) in [5.74, 6) is -0.776. The van der Waals surface area contributed by atoms with E-state index in [0.717, 1.165) is 36.1 Å². The van der Waals surface area contributed by atoms with E-state index in [-0.39, 0.29) is 54.4 Å². The van der Waals surface area contributed by atoms with Gasteiger partial charge in [0.1, 0.15) is 36.6 Å². The summed E-state index contributed by atoms with van der Waals surface area (Å²) in [6.07, 6.45) is 1.54. The Bertz CT molecular complexity index is 2080. The number of hydrogen-bond acceptors (Lipinski definition) is 9. The van der Waals surface area contributed by atoms with E-state index in [1.54, 1.807) is 30.3 Å². The summed E-state index contributed by atoms with van der Waals surface area (Å²) in [6.45, 7) is 17.0. The molecule has 334 valence electrons. The van der Waals surface area contributed by atoms with Crippen LogP contribution in [-0.2, 0) is 25.7 Å². The molecule has 0 spiro atoms. The normalized spacial score (nSPS) is 20.6. The molecule has 62 heavy (non-hydrogen) atoms. The molecule has 0 unspecified atom stereocenters. The number of aryl methyl sites for hydroxylation is 1.